The maximum Gasteiger partial charge on any atom is 0.224 e. The number of nitrogens with zero attached hydrogens (tertiary/aromatic N) is 1. The summed E-state index contributed by atoms with van der Waals surface area (Å²) in [6, 6.07) is 10.5. The zero-order valence-corrected chi connectivity index (χ0v) is 9.23. The van der Waals surface area contributed by atoms with E-state index >= 15 is 0 Å². The Kier molecular flexibility index (Phi) is 2.40. The van der Waals surface area contributed by atoms with Crippen LogP contribution in [0, 0.1) is 11.8 Å². The second kappa shape index (κ2) is 3.91. The molecule has 0 bridgehead atoms. The van der Waals surface area contributed by atoms with Crippen molar-refractivity contribution >= 4 is 5.91 Å². The highest BCUT2D eigenvalue weighted by atomic mass is 16.2. The molecule has 86 valence electrons. The molecule has 0 radical (unpaired) electrons. The topological polar surface area (TPSA) is 32.3 Å². The van der Waals surface area contributed by atoms with E-state index in [1.54, 1.807) is 0 Å². The number of rotatable bonds is 2. The summed E-state index contributed by atoms with van der Waals surface area (Å²) in [6.07, 6.45) is 0. The minimum absolute atomic E-state index is 0. The molecule has 2 aliphatic heterocycles. The molecule has 1 amide bonds. The maximum absolute atomic E-state index is 11.5. The first-order chi connectivity index (χ1) is 7.83. The van der Waals surface area contributed by atoms with Gasteiger partial charge >= 0.3 is 0 Å². The fraction of sp³-hybridized carbons (Fsp3) is 0.462. The Morgan fingerprint density at radius 3 is 2.88 bits per heavy atom. The van der Waals surface area contributed by atoms with Crippen LogP contribution in [-0.4, -0.2) is 30.4 Å². The standard InChI is InChI=1S/C13H16N2O.H2/c16-13-12-9-15(8-11(12)6-14-13)7-10-4-2-1-3-5-10;/h1-5,11-12H,6-9H2,(H,14,16);1H. The van der Waals surface area contributed by atoms with Crippen molar-refractivity contribution in [1.82, 2.24) is 10.2 Å². The molecule has 2 aliphatic rings. The molecule has 16 heavy (non-hydrogen) atoms. The van der Waals surface area contributed by atoms with Crippen molar-refractivity contribution in [3.63, 3.8) is 0 Å². The quantitative estimate of drug-likeness (QED) is 0.806. The van der Waals surface area contributed by atoms with Crippen LogP contribution in [0.2, 0.25) is 0 Å². The minimum atomic E-state index is 0. The van der Waals surface area contributed by atoms with Gasteiger partial charge in [-0.05, 0) is 5.56 Å². The molecule has 3 rings (SSSR count). The minimum Gasteiger partial charge on any atom is -0.355 e. The van der Waals surface area contributed by atoms with E-state index in [0.29, 0.717) is 5.92 Å². The molecule has 0 aliphatic carbocycles. The number of likely N-dealkylation sites (tertiary alicyclic amines) is 1. The van der Waals surface area contributed by atoms with Crippen molar-refractivity contribution in [1.29, 1.82) is 0 Å². The summed E-state index contributed by atoms with van der Waals surface area (Å²) in [5, 5.41) is 2.94. The molecule has 0 saturated carbocycles. The maximum atomic E-state index is 11.5. The van der Waals surface area contributed by atoms with Gasteiger partial charge in [0.2, 0.25) is 5.91 Å². The van der Waals surface area contributed by atoms with Crippen molar-refractivity contribution in [3.05, 3.63) is 35.9 Å². The van der Waals surface area contributed by atoms with Crippen LogP contribution >= 0.6 is 0 Å². The van der Waals surface area contributed by atoms with Gasteiger partial charge in [-0.15, -0.1) is 0 Å². The lowest BCUT2D eigenvalue weighted by Gasteiger charge is -2.16. The normalized spacial score (nSPS) is 29.1. The van der Waals surface area contributed by atoms with Gasteiger partial charge in [0, 0.05) is 33.5 Å². The van der Waals surface area contributed by atoms with Gasteiger partial charge < -0.3 is 5.32 Å². The Morgan fingerprint density at radius 2 is 2.12 bits per heavy atom. The summed E-state index contributed by atoms with van der Waals surface area (Å²) in [6.45, 7) is 3.82. The van der Waals surface area contributed by atoms with Gasteiger partial charge in [0.1, 0.15) is 0 Å². The summed E-state index contributed by atoms with van der Waals surface area (Å²) < 4.78 is 0. The molecule has 1 N–H and O–H groups in total. The Morgan fingerprint density at radius 1 is 1.31 bits per heavy atom. The molecule has 2 fully saturated rings. The van der Waals surface area contributed by atoms with Crippen LogP contribution in [0.15, 0.2) is 30.3 Å². The van der Waals surface area contributed by atoms with Crippen molar-refractivity contribution in [2.75, 3.05) is 19.6 Å². The first-order valence-corrected chi connectivity index (χ1v) is 5.87. The lowest BCUT2D eigenvalue weighted by Crippen LogP contribution is -2.28. The van der Waals surface area contributed by atoms with Gasteiger partial charge in [-0.25, -0.2) is 0 Å². The van der Waals surface area contributed by atoms with Crippen molar-refractivity contribution in [3.8, 4) is 0 Å². The van der Waals surface area contributed by atoms with Gasteiger partial charge in [-0.1, -0.05) is 30.3 Å². The summed E-state index contributed by atoms with van der Waals surface area (Å²) in [7, 11) is 0. The van der Waals surface area contributed by atoms with Gasteiger partial charge in [0.25, 0.3) is 0 Å². The molecule has 0 aromatic heterocycles. The fourth-order valence-electron chi connectivity index (χ4n) is 2.80. The van der Waals surface area contributed by atoms with Crippen LogP contribution in [-0.2, 0) is 11.3 Å². The predicted molar refractivity (Wildman–Crippen MR) is 63.8 cm³/mol. The number of amides is 1. The highest BCUT2D eigenvalue weighted by Crippen LogP contribution is 2.28. The number of fused-ring (bicyclic) bond motifs is 1. The summed E-state index contributed by atoms with van der Waals surface area (Å²) >= 11 is 0. The third-order valence-corrected chi connectivity index (χ3v) is 3.64. The van der Waals surface area contributed by atoms with E-state index in [-0.39, 0.29) is 13.3 Å². The van der Waals surface area contributed by atoms with Crippen LogP contribution in [0.5, 0.6) is 0 Å². The van der Waals surface area contributed by atoms with E-state index in [2.05, 4.69) is 34.5 Å². The second-order valence-electron chi connectivity index (χ2n) is 4.79. The van der Waals surface area contributed by atoms with Crippen LogP contribution < -0.4 is 5.32 Å². The smallest absolute Gasteiger partial charge is 0.224 e. The fourth-order valence-corrected chi connectivity index (χ4v) is 2.80. The third kappa shape index (κ3) is 1.71. The SMILES string of the molecule is O=C1NCC2CN(Cc3ccccc3)CC12.[HH]. The molecule has 2 heterocycles. The number of carbonyl (C=O) groups is 1. The van der Waals surface area contributed by atoms with Gasteiger partial charge in [-0.3, -0.25) is 9.69 Å². The highest BCUT2D eigenvalue weighted by Gasteiger charge is 2.41. The monoisotopic (exact) mass is 218 g/mol. The van der Waals surface area contributed by atoms with Gasteiger partial charge in [0.05, 0.1) is 5.92 Å². The zero-order chi connectivity index (χ0) is 11.0. The molecule has 2 saturated heterocycles. The van der Waals surface area contributed by atoms with E-state index < -0.39 is 0 Å². The highest BCUT2D eigenvalue weighted by molar-refractivity contribution is 5.81. The van der Waals surface area contributed by atoms with Crippen LogP contribution in [0.25, 0.3) is 0 Å². The molecule has 2 atom stereocenters. The number of benzene rings is 1. The molecule has 1 aromatic rings. The summed E-state index contributed by atoms with van der Waals surface area (Å²) in [5.41, 5.74) is 1.34. The van der Waals surface area contributed by atoms with E-state index in [1.807, 2.05) is 6.07 Å². The molecule has 3 heteroatoms. The predicted octanol–water partition coefficient (Wildman–Crippen LogP) is 1.11. The lowest BCUT2D eigenvalue weighted by molar-refractivity contribution is -0.122. The van der Waals surface area contributed by atoms with Crippen molar-refractivity contribution < 1.29 is 6.22 Å². The largest absolute Gasteiger partial charge is 0.355 e. The van der Waals surface area contributed by atoms with Gasteiger partial charge in [-0.2, -0.15) is 0 Å². The lowest BCUT2D eigenvalue weighted by atomic mass is 10.0. The molecule has 1 aromatic carbocycles. The molecular formula is C13H18N2O. The first kappa shape index (κ1) is 9.85. The first-order valence-electron chi connectivity index (χ1n) is 5.87. The number of nitrogens with one attached hydrogen (secondary N) is 1. The number of carbonyl (C=O) groups excluding carboxylic acids is 1. The molecule has 2 unspecified atom stereocenters. The number of hydrogen-bond acceptors (Lipinski definition) is 2. The molecular weight excluding hydrogens is 200 g/mol. The van der Waals surface area contributed by atoms with Crippen molar-refractivity contribution in [2.24, 2.45) is 11.8 Å². The second-order valence-corrected chi connectivity index (χ2v) is 4.79. The molecule has 0 spiro atoms. The Hall–Kier alpha value is -1.35. The van der Waals surface area contributed by atoms with E-state index in [1.165, 1.54) is 5.56 Å². The van der Waals surface area contributed by atoms with E-state index in [9.17, 15) is 4.79 Å². The summed E-state index contributed by atoms with van der Waals surface area (Å²) in [5.74, 6) is 1.03. The zero-order valence-electron chi connectivity index (χ0n) is 9.23. The average Bonchev–Trinajstić information content (AvgIpc) is 2.83. The Labute approximate surface area is 96.9 Å². The van der Waals surface area contributed by atoms with Gasteiger partial charge in [0.15, 0.2) is 0 Å². The van der Waals surface area contributed by atoms with Crippen LogP contribution in [0.4, 0.5) is 0 Å². The Balaban J connectivity index is 0.00000108. The Bertz CT molecular complexity index is 396. The van der Waals surface area contributed by atoms with Crippen molar-refractivity contribution in [2.45, 2.75) is 6.54 Å². The van der Waals surface area contributed by atoms with Crippen LogP contribution in [0.1, 0.15) is 6.99 Å². The van der Waals surface area contributed by atoms with E-state index in [0.717, 1.165) is 26.2 Å². The average molecular weight is 218 g/mol. The van der Waals surface area contributed by atoms with Crippen LogP contribution in [0.3, 0.4) is 0 Å². The van der Waals surface area contributed by atoms with E-state index in [4.69, 9.17) is 0 Å². The number of hydrogen-bond donors (Lipinski definition) is 1. The third-order valence-electron chi connectivity index (χ3n) is 3.64. The molecule has 3 nitrogen and oxygen atoms in total. The summed E-state index contributed by atoms with van der Waals surface area (Å²) in [4.78, 5) is 13.9.